The molecule has 0 bridgehead atoms. The Kier molecular flexibility index (Phi) is 4.55. The van der Waals surface area contributed by atoms with Crippen LogP contribution in [0, 0.1) is 0 Å². The molecule has 0 aliphatic carbocycles. The first-order chi connectivity index (χ1) is 8.45. The molecular formula is C14H17N3. The Morgan fingerprint density at radius 3 is 2.82 bits per heavy atom. The minimum absolute atomic E-state index is 0.885. The average Bonchev–Trinajstić information content (AvgIpc) is 2.88. The maximum atomic E-state index is 4.14. The van der Waals surface area contributed by atoms with E-state index in [0.29, 0.717) is 0 Å². The molecule has 1 heterocycles. The quantitative estimate of drug-likeness (QED) is 0.767. The predicted octanol–water partition coefficient (Wildman–Crippen LogP) is 2.19. The molecule has 2 rings (SSSR count). The minimum Gasteiger partial charge on any atom is -0.311 e. The van der Waals surface area contributed by atoms with E-state index in [2.05, 4.69) is 34.7 Å². The second-order valence-electron chi connectivity index (χ2n) is 3.79. The zero-order valence-corrected chi connectivity index (χ0v) is 9.79. The fourth-order valence-electron chi connectivity index (χ4n) is 1.57. The van der Waals surface area contributed by atoms with Crippen LogP contribution in [0.4, 0.5) is 0 Å². The van der Waals surface area contributed by atoms with Gasteiger partial charge in [0.15, 0.2) is 0 Å². The third-order valence-electron chi connectivity index (χ3n) is 2.45. The minimum atomic E-state index is 0.885. The molecule has 2 aromatic rings. The van der Waals surface area contributed by atoms with E-state index >= 15 is 0 Å². The summed E-state index contributed by atoms with van der Waals surface area (Å²) in [7, 11) is 0. The van der Waals surface area contributed by atoms with Crippen LogP contribution in [0.2, 0.25) is 0 Å². The lowest BCUT2D eigenvalue weighted by molar-refractivity contribution is 0.573. The summed E-state index contributed by atoms with van der Waals surface area (Å²) in [4.78, 5) is 0. The summed E-state index contributed by atoms with van der Waals surface area (Å²) in [6, 6.07) is 12.3. The Hall–Kier alpha value is -1.87. The molecule has 1 aromatic carbocycles. The van der Waals surface area contributed by atoms with Crippen molar-refractivity contribution >= 4 is 6.08 Å². The summed E-state index contributed by atoms with van der Waals surface area (Å²) in [6.45, 7) is 2.73. The highest BCUT2D eigenvalue weighted by Gasteiger charge is 1.88. The number of benzene rings is 1. The lowest BCUT2D eigenvalue weighted by Gasteiger charge is -2.01. The molecule has 3 heteroatoms. The zero-order valence-electron chi connectivity index (χ0n) is 9.79. The van der Waals surface area contributed by atoms with Crippen molar-refractivity contribution in [1.29, 1.82) is 0 Å². The molecule has 0 atom stereocenters. The first kappa shape index (κ1) is 11.6. The molecule has 0 amide bonds. The van der Waals surface area contributed by atoms with Crippen LogP contribution in [-0.4, -0.2) is 22.9 Å². The molecule has 0 aliphatic heterocycles. The highest BCUT2D eigenvalue weighted by Crippen LogP contribution is 1.99. The average molecular weight is 227 g/mol. The van der Waals surface area contributed by atoms with Gasteiger partial charge in [-0.25, -0.2) is 0 Å². The van der Waals surface area contributed by atoms with Gasteiger partial charge in [0, 0.05) is 25.5 Å². The molecule has 0 spiro atoms. The zero-order chi connectivity index (χ0) is 11.8. The lowest BCUT2D eigenvalue weighted by atomic mass is 10.2. The maximum absolute atomic E-state index is 4.14. The Balaban J connectivity index is 1.62. The SMILES string of the molecule is C(=C/c1ccccc1)/CNCCn1cccn1. The normalized spacial score (nSPS) is 11.1. The van der Waals surface area contributed by atoms with Crippen molar-refractivity contribution in [2.24, 2.45) is 0 Å². The van der Waals surface area contributed by atoms with Gasteiger partial charge in [0.25, 0.3) is 0 Å². The van der Waals surface area contributed by atoms with Crippen LogP contribution in [0.15, 0.2) is 54.9 Å². The monoisotopic (exact) mass is 227 g/mol. The Bertz CT molecular complexity index is 432. The van der Waals surface area contributed by atoms with Crippen molar-refractivity contribution < 1.29 is 0 Å². The standard InChI is InChI=1S/C14H17N3/c1-2-6-14(7-3-1)8-4-9-15-11-13-17-12-5-10-16-17/h1-8,10,12,15H,9,11,13H2/b8-4-. The summed E-state index contributed by atoms with van der Waals surface area (Å²) in [5.74, 6) is 0. The van der Waals surface area contributed by atoms with Crippen LogP contribution in [-0.2, 0) is 6.54 Å². The topological polar surface area (TPSA) is 29.9 Å². The van der Waals surface area contributed by atoms with E-state index in [9.17, 15) is 0 Å². The summed E-state index contributed by atoms with van der Waals surface area (Å²) >= 11 is 0. The number of nitrogens with one attached hydrogen (secondary N) is 1. The molecule has 0 saturated heterocycles. The smallest absolute Gasteiger partial charge is 0.0534 e. The van der Waals surface area contributed by atoms with Gasteiger partial charge in [0.05, 0.1) is 6.54 Å². The van der Waals surface area contributed by atoms with Gasteiger partial charge in [-0.3, -0.25) is 4.68 Å². The Morgan fingerprint density at radius 1 is 1.18 bits per heavy atom. The highest BCUT2D eigenvalue weighted by atomic mass is 15.3. The van der Waals surface area contributed by atoms with Gasteiger partial charge in [-0.15, -0.1) is 0 Å². The number of nitrogens with zero attached hydrogens (tertiary/aromatic N) is 2. The number of hydrogen-bond acceptors (Lipinski definition) is 2. The molecule has 1 N–H and O–H groups in total. The van der Waals surface area contributed by atoms with Crippen molar-refractivity contribution in [2.45, 2.75) is 6.54 Å². The predicted molar refractivity (Wildman–Crippen MR) is 70.6 cm³/mol. The first-order valence-electron chi connectivity index (χ1n) is 5.85. The van der Waals surface area contributed by atoms with Crippen LogP contribution in [0.1, 0.15) is 5.56 Å². The van der Waals surface area contributed by atoms with Crippen molar-refractivity contribution in [3.63, 3.8) is 0 Å². The molecule has 0 radical (unpaired) electrons. The molecule has 3 nitrogen and oxygen atoms in total. The van der Waals surface area contributed by atoms with Gasteiger partial charge in [0.2, 0.25) is 0 Å². The van der Waals surface area contributed by atoms with Crippen molar-refractivity contribution in [2.75, 3.05) is 13.1 Å². The van der Waals surface area contributed by atoms with Gasteiger partial charge in [-0.05, 0) is 11.6 Å². The second kappa shape index (κ2) is 6.66. The maximum Gasteiger partial charge on any atom is 0.0534 e. The number of hydrogen-bond donors (Lipinski definition) is 1. The van der Waals surface area contributed by atoms with Gasteiger partial charge in [-0.2, -0.15) is 5.10 Å². The summed E-state index contributed by atoms with van der Waals surface area (Å²) < 4.78 is 1.92. The van der Waals surface area contributed by atoms with E-state index in [1.165, 1.54) is 5.56 Å². The van der Waals surface area contributed by atoms with Crippen molar-refractivity contribution in [3.8, 4) is 0 Å². The highest BCUT2D eigenvalue weighted by molar-refractivity contribution is 5.48. The van der Waals surface area contributed by atoms with Crippen LogP contribution in [0.3, 0.4) is 0 Å². The van der Waals surface area contributed by atoms with Gasteiger partial charge >= 0.3 is 0 Å². The molecular weight excluding hydrogens is 210 g/mol. The Labute approximate surface area is 102 Å². The number of aromatic nitrogens is 2. The van der Waals surface area contributed by atoms with E-state index < -0.39 is 0 Å². The molecule has 17 heavy (non-hydrogen) atoms. The van der Waals surface area contributed by atoms with Gasteiger partial charge < -0.3 is 5.32 Å². The third kappa shape index (κ3) is 4.25. The molecule has 0 aliphatic rings. The van der Waals surface area contributed by atoms with Gasteiger partial charge in [0.1, 0.15) is 0 Å². The fourth-order valence-corrected chi connectivity index (χ4v) is 1.57. The number of rotatable bonds is 6. The van der Waals surface area contributed by atoms with Crippen LogP contribution >= 0.6 is 0 Å². The van der Waals surface area contributed by atoms with Gasteiger partial charge in [-0.1, -0.05) is 42.5 Å². The molecule has 1 aromatic heterocycles. The van der Waals surface area contributed by atoms with Crippen molar-refractivity contribution in [3.05, 3.63) is 60.4 Å². The Morgan fingerprint density at radius 2 is 2.06 bits per heavy atom. The van der Waals surface area contributed by atoms with E-state index in [0.717, 1.165) is 19.6 Å². The molecule has 0 fully saturated rings. The van der Waals surface area contributed by atoms with Crippen LogP contribution < -0.4 is 5.32 Å². The first-order valence-corrected chi connectivity index (χ1v) is 5.85. The third-order valence-corrected chi connectivity index (χ3v) is 2.45. The van der Waals surface area contributed by atoms with Crippen LogP contribution in [0.5, 0.6) is 0 Å². The van der Waals surface area contributed by atoms with E-state index in [-0.39, 0.29) is 0 Å². The lowest BCUT2D eigenvalue weighted by Crippen LogP contribution is -2.20. The fraction of sp³-hybridized carbons (Fsp3) is 0.214. The summed E-state index contributed by atoms with van der Waals surface area (Å²) in [6.07, 6.45) is 8.04. The second-order valence-corrected chi connectivity index (χ2v) is 3.79. The molecule has 0 saturated carbocycles. The summed E-state index contributed by atoms with van der Waals surface area (Å²) in [5.41, 5.74) is 1.24. The van der Waals surface area contributed by atoms with E-state index in [4.69, 9.17) is 0 Å². The molecule has 0 unspecified atom stereocenters. The van der Waals surface area contributed by atoms with Crippen molar-refractivity contribution in [1.82, 2.24) is 15.1 Å². The molecule has 88 valence electrons. The van der Waals surface area contributed by atoms with E-state index in [1.807, 2.05) is 35.1 Å². The van der Waals surface area contributed by atoms with E-state index in [1.54, 1.807) is 6.20 Å². The van der Waals surface area contributed by atoms with Crippen LogP contribution in [0.25, 0.3) is 6.08 Å². The largest absolute Gasteiger partial charge is 0.311 e. The summed E-state index contributed by atoms with van der Waals surface area (Å²) in [5, 5.41) is 7.49.